The van der Waals surface area contributed by atoms with Crippen LogP contribution in [0.15, 0.2) is 52.0 Å². The van der Waals surface area contributed by atoms with E-state index >= 15 is 0 Å². The lowest BCUT2D eigenvalue weighted by Gasteiger charge is -2.32. The number of pyridine rings is 1. The summed E-state index contributed by atoms with van der Waals surface area (Å²) in [6, 6.07) is 7.77. The SMILES string of the molecule is O=S(=O)(c1ccc2c(c1)OCCO2)N1CCCCC1c1nnc(-c2cccnc2)o1. The molecule has 0 saturated carbocycles. The van der Waals surface area contributed by atoms with Gasteiger partial charge in [-0.3, -0.25) is 4.98 Å². The van der Waals surface area contributed by atoms with E-state index in [2.05, 4.69) is 15.2 Å². The summed E-state index contributed by atoms with van der Waals surface area (Å²) in [5.74, 6) is 1.59. The van der Waals surface area contributed by atoms with Crippen molar-refractivity contribution in [3.8, 4) is 23.0 Å². The monoisotopic (exact) mass is 428 g/mol. The number of fused-ring (bicyclic) bond motifs is 1. The molecular weight excluding hydrogens is 408 g/mol. The van der Waals surface area contributed by atoms with E-state index in [1.807, 2.05) is 6.07 Å². The molecule has 1 unspecified atom stereocenters. The molecule has 0 bridgehead atoms. The largest absolute Gasteiger partial charge is 0.486 e. The van der Waals surface area contributed by atoms with Gasteiger partial charge in [0.1, 0.15) is 19.3 Å². The van der Waals surface area contributed by atoms with Gasteiger partial charge in [0, 0.05) is 25.0 Å². The standard InChI is InChI=1S/C20H20N4O5S/c25-30(26,15-6-7-17-18(12-15)28-11-10-27-17)24-9-2-1-5-16(24)20-23-22-19(29-20)14-4-3-8-21-13-14/h3-4,6-8,12-13,16H,1-2,5,9-11H2. The van der Waals surface area contributed by atoms with Crippen LogP contribution in [0, 0.1) is 0 Å². The van der Waals surface area contributed by atoms with Gasteiger partial charge in [-0.15, -0.1) is 10.2 Å². The number of rotatable bonds is 4. The molecule has 0 N–H and O–H groups in total. The molecule has 0 amide bonds. The summed E-state index contributed by atoms with van der Waals surface area (Å²) in [5, 5.41) is 8.24. The van der Waals surface area contributed by atoms with E-state index < -0.39 is 16.1 Å². The van der Waals surface area contributed by atoms with Crippen molar-refractivity contribution < 1.29 is 22.3 Å². The summed E-state index contributed by atoms with van der Waals surface area (Å²) in [7, 11) is -3.79. The minimum Gasteiger partial charge on any atom is -0.486 e. The van der Waals surface area contributed by atoms with Crippen LogP contribution in [0.25, 0.3) is 11.5 Å². The first-order valence-corrected chi connectivity index (χ1v) is 11.2. The molecule has 2 aliphatic heterocycles. The van der Waals surface area contributed by atoms with Crippen LogP contribution in [0.5, 0.6) is 11.5 Å². The highest BCUT2D eigenvalue weighted by atomic mass is 32.2. The Morgan fingerprint density at radius 1 is 1.03 bits per heavy atom. The van der Waals surface area contributed by atoms with Gasteiger partial charge in [-0.05, 0) is 37.1 Å². The van der Waals surface area contributed by atoms with Crippen LogP contribution < -0.4 is 9.47 Å². The second kappa shape index (κ2) is 7.69. The first-order chi connectivity index (χ1) is 14.6. The molecular formula is C20H20N4O5S. The lowest BCUT2D eigenvalue weighted by atomic mass is 10.1. The number of nitrogens with zero attached hydrogens (tertiary/aromatic N) is 4. The highest BCUT2D eigenvalue weighted by molar-refractivity contribution is 7.89. The Bertz CT molecular complexity index is 1150. The van der Waals surface area contributed by atoms with Crippen LogP contribution in [0.4, 0.5) is 0 Å². The van der Waals surface area contributed by atoms with Gasteiger partial charge < -0.3 is 13.9 Å². The third-order valence-corrected chi connectivity index (χ3v) is 7.11. The van der Waals surface area contributed by atoms with Gasteiger partial charge in [0.05, 0.1) is 10.5 Å². The number of sulfonamides is 1. The third kappa shape index (κ3) is 3.41. The Hall–Kier alpha value is -2.98. The van der Waals surface area contributed by atoms with E-state index in [1.54, 1.807) is 30.6 Å². The van der Waals surface area contributed by atoms with Crippen molar-refractivity contribution in [2.75, 3.05) is 19.8 Å². The zero-order chi connectivity index (χ0) is 20.6. The quantitative estimate of drug-likeness (QED) is 0.624. The van der Waals surface area contributed by atoms with Gasteiger partial charge in [0.2, 0.25) is 21.8 Å². The molecule has 1 fully saturated rings. The van der Waals surface area contributed by atoms with Crippen molar-refractivity contribution in [2.24, 2.45) is 0 Å². The van der Waals surface area contributed by atoms with Gasteiger partial charge in [-0.1, -0.05) is 6.42 Å². The third-order valence-electron chi connectivity index (χ3n) is 5.21. The van der Waals surface area contributed by atoms with Crippen LogP contribution in [-0.2, 0) is 10.0 Å². The average molecular weight is 428 g/mol. The van der Waals surface area contributed by atoms with Crippen molar-refractivity contribution in [3.05, 3.63) is 48.6 Å². The van der Waals surface area contributed by atoms with Crippen molar-refractivity contribution in [1.29, 1.82) is 0 Å². The zero-order valence-electron chi connectivity index (χ0n) is 16.1. The van der Waals surface area contributed by atoms with E-state index in [0.29, 0.717) is 49.1 Å². The number of hydrogen-bond acceptors (Lipinski definition) is 8. The number of benzene rings is 1. The first-order valence-electron chi connectivity index (χ1n) is 9.78. The summed E-state index contributed by atoms with van der Waals surface area (Å²) < 4.78 is 45.3. The molecule has 0 spiro atoms. The van der Waals surface area contributed by atoms with Crippen LogP contribution in [0.3, 0.4) is 0 Å². The Kier molecular flexibility index (Phi) is 4.87. The van der Waals surface area contributed by atoms with E-state index in [4.69, 9.17) is 13.9 Å². The summed E-state index contributed by atoms with van der Waals surface area (Å²) in [6.45, 7) is 1.22. The Morgan fingerprint density at radius 2 is 1.90 bits per heavy atom. The molecule has 2 aliphatic rings. The maximum atomic E-state index is 13.5. The van der Waals surface area contributed by atoms with Gasteiger partial charge in [0.15, 0.2) is 11.5 Å². The first kappa shape index (κ1) is 19.0. The molecule has 2 aromatic heterocycles. The predicted octanol–water partition coefficient (Wildman–Crippen LogP) is 2.82. The Labute approximate surface area is 173 Å². The van der Waals surface area contributed by atoms with Crippen molar-refractivity contribution >= 4 is 10.0 Å². The van der Waals surface area contributed by atoms with E-state index in [-0.39, 0.29) is 10.8 Å². The second-order valence-electron chi connectivity index (χ2n) is 7.12. The van der Waals surface area contributed by atoms with Gasteiger partial charge in [0.25, 0.3) is 0 Å². The molecule has 4 heterocycles. The molecule has 156 valence electrons. The van der Waals surface area contributed by atoms with Gasteiger partial charge in [-0.2, -0.15) is 4.31 Å². The predicted molar refractivity (Wildman–Crippen MR) is 105 cm³/mol. The van der Waals surface area contributed by atoms with Crippen molar-refractivity contribution in [1.82, 2.24) is 19.5 Å². The second-order valence-corrected chi connectivity index (χ2v) is 9.01. The fourth-order valence-corrected chi connectivity index (χ4v) is 5.40. The Balaban J connectivity index is 1.47. The molecule has 30 heavy (non-hydrogen) atoms. The number of hydrogen-bond donors (Lipinski definition) is 0. The van der Waals surface area contributed by atoms with E-state index in [1.165, 1.54) is 10.4 Å². The van der Waals surface area contributed by atoms with Crippen LogP contribution in [0.1, 0.15) is 31.2 Å². The number of ether oxygens (including phenoxy) is 2. The fraction of sp³-hybridized carbons (Fsp3) is 0.350. The minimum absolute atomic E-state index is 0.158. The summed E-state index contributed by atoms with van der Waals surface area (Å²) in [4.78, 5) is 4.21. The van der Waals surface area contributed by atoms with E-state index in [0.717, 1.165) is 12.8 Å². The molecule has 10 heteroatoms. The topological polar surface area (TPSA) is 108 Å². The highest BCUT2D eigenvalue weighted by Gasteiger charge is 2.38. The normalized spacial score (nSPS) is 19.5. The van der Waals surface area contributed by atoms with Gasteiger partial charge >= 0.3 is 0 Å². The smallest absolute Gasteiger partial charge is 0.249 e. The van der Waals surface area contributed by atoms with Crippen molar-refractivity contribution in [2.45, 2.75) is 30.2 Å². The van der Waals surface area contributed by atoms with Crippen LogP contribution >= 0.6 is 0 Å². The summed E-state index contributed by atoms with van der Waals surface area (Å²) in [5.41, 5.74) is 0.688. The maximum absolute atomic E-state index is 13.5. The number of aromatic nitrogens is 3. The fourth-order valence-electron chi connectivity index (χ4n) is 3.73. The molecule has 0 radical (unpaired) electrons. The van der Waals surface area contributed by atoms with Crippen LogP contribution in [-0.4, -0.2) is 47.7 Å². The summed E-state index contributed by atoms with van der Waals surface area (Å²) >= 11 is 0. The molecule has 1 atom stereocenters. The zero-order valence-corrected chi connectivity index (χ0v) is 16.9. The summed E-state index contributed by atoms with van der Waals surface area (Å²) in [6.07, 6.45) is 5.54. The lowest BCUT2D eigenvalue weighted by Crippen LogP contribution is -2.38. The lowest BCUT2D eigenvalue weighted by molar-refractivity contribution is 0.171. The minimum atomic E-state index is -3.79. The average Bonchev–Trinajstić information content (AvgIpc) is 3.29. The molecule has 0 aliphatic carbocycles. The highest BCUT2D eigenvalue weighted by Crippen LogP contribution is 2.38. The number of piperidine rings is 1. The molecule has 9 nitrogen and oxygen atoms in total. The van der Waals surface area contributed by atoms with Crippen LogP contribution in [0.2, 0.25) is 0 Å². The van der Waals surface area contributed by atoms with Crippen molar-refractivity contribution in [3.63, 3.8) is 0 Å². The maximum Gasteiger partial charge on any atom is 0.249 e. The van der Waals surface area contributed by atoms with Gasteiger partial charge in [-0.25, -0.2) is 8.42 Å². The molecule has 1 aromatic carbocycles. The Morgan fingerprint density at radius 3 is 2.73 bits per heavy atom. The molecule has 5 rings (SSSR count). The van der Waals surface area contributed by atoms with E-state index in [9.17, 15) is 8.42 Å². The molecule has 3 aromatic rings. The molecule has 1 saturated heterocycles.